The fourth-order valence-electron chi connectivity index (χ4n) is 4.90. The van der Waals surface area contributed by atoms with E-state index in [1.807, 2.05) is 20.0 Å². The van der Waals surface area contributed by atoms with Crippen molar-refractivity contribution in [3.05, 3.63) is 23.8 Å². The number of ether oxygens (including phenoxy) is 1. The van der Waals surface area contributed by atoms with Crippen LogP contribution in [0.25, 0.3) is 0 Å². The van der Waals surface area contributed by atoms with E-state index < -0.39 is 32.0 Å². The van der Waals surface area contributed by atoms with Crippen LogP contribution in [0.3, 0.4) is 0 Å². The molecule has 9 heteroatoms. The van der Waals surface area contributed by atoms with Gasteiger partial charge >= 0.3 is 0 Å². The second kappa shape index (κ2) is 7.48. The summed E-state index contributed by atoms with van der Waals surface area (Å²) in [5, 5.41) is 21.6. The fourth-order valence-corrected chi connectivity index (χ4v) is 7.51. The van der Waals surface area contributed by atoms with Crippen LogP contribution in [0, 0.1) is 5.92 Å². The molecule has 8 nitrogen and oxygen atoms in total. The highest BCUT2D eigenvalue weighted by Crippen LogP contribution is 2.59. The van der Waals surface area contributed by atoms with Crippen molar-refractivity contribution in [1.82, 2.24) is 0 Å². The summed E-state index contributed by atoms with van der Waals surface area (Å²) in [6.07, 6.45) is -1.28. The predicted molar refractivity (Wildman–Crippen MR) is 111 cm³/mol. The van der Waals surface area contributed by atoms with Gasteiger partial charge in [-0.2, -0.15) is 0 Å². The molecule has 4 N–H and O–H groups in total. The van der Waals surface area contributed by atoms with Crippen LogP contribution < -0.4 is 10.2 Å². The molecular formula is C20H30N2O6Si. The molecule has 1 fully saturated rings. The van der Waals surface area contributed by atoms with Gasteiger partial charge in [0, 0.05) is 36.4 Å². The molecule has 2 heterocycles. The standard InChI is InChI=1S/C20H30N2O6Si/c1-11-17(29(4,5)27)16(8-9-23)28-20(11)14-10-13(21-18(25)12(2)24)6-7-15(14)22(3)19(20)26/h6-7,10-12,16-17,23-24,27H,8-9H2,1-5H3,(H,21,25)/t11-,12-,16+,17-,20+/m0/s1. The van der Waals surface area contributed by atoms with E-state index in [1.54, 1.807) is 25.2 Å². The summed E-state index contributed by atoms with van der Waals surface area (Å²) < 4.78 is 6.38. The van der Waals surface area contributed by atoms with Crippen LogP contribution in [0.5, 0.6) is 0 Å². The number of hydrogen-bond donors (Lipinski definition) is 4. The van der Waals surface area contributed by atoms with E-state index in [4.69, 9.17) is 4.74 Å². The normalized spacial score (nSPS) is 30.0. The third-order valence-electron chi connectivity index (χ3n) is 6.17. The Morgan fingerprint density at radius 1 is 1.41 bits per heavy atom. The maximum Gasteiger partial charge on any atom is 0.264 e. The van der Waals surface area contributed by atoms with Crippen molar-refractivity contribution in [2.45, 2.75) is 56.7 Å². The summed E-state index contributed by atoms with van der Waals surface area (Å²) in [5.74, 6) is -1.08. The molecular weight excluding hydrogens is 392 g/mol. The summed E-state index contributed by atoms with van der Waals surface area (Å²) in [5.41, 5.74) is 0.235. The zero-order valence-corrected chi connectivity index (χ0v) is 18.5. The summed E-state index contributed by atoms with van der Waals surface area (Å²) in [7, 11) is -1.04. The van der Waals surface area contributed by atoms with E-state index in [9.17, 15) is 24.6 Å². The van der Waals surface area contributed by atoms with E-state index in [0.717, 1.165) is 0 Å². The molecule has 0 aliphatic carbocycles. The molecule has 1 aromatic rings. The number of carbonyl (C=O) groups is 2. The van der Waals surface area contributed by atoms with Crippen LogP contribution in [0.2, 0.25) is 18.6 Å². The number of fused-ring (bicyclic) bond motifs is 2. The van der Waals surface area contributed by atoms with E-state index in [-0.39, 0.29) is 24.0 Å². The van der Waals surface area contributed by atoms with E-state index >= 15 is 0 Å². The third-order valence-corrected chi connectivity index (χ3v) is 8.68. The van der Waals surface area contributed by atoms with Crippen LogP contribution in [-0.2, 0) is 19.9 Å². The summed E-state index contributed by atoms with van der Waals surface area (Å²) >= 11 is 0. The number of benzene rings is 1. The monoisotopic (exact) mass is 422 g/mol. The SMILES string of the molecule is C[C@H](O)C(=O)Nc1ccc2c(c1)[C@@]1(O[C@H](CCO)[C@@H]([Si](C)(C)O)[C@@H]1C)C(=O)N2C. The summed E-state index contributed by atoms with van der Waals surface area (Å²) in [4.78, 5) is 37.8. The molecule has 2 amide bonds. The number of nitrogens with zero attached hydrogens (tertiary/aromatic N) is 1. The lowest BCUT2D eigenvalue weighted by Crippen LogP contribution is -2.45. The Labute approximate surface area is 171 Å². The van der Waals surface area contributed by atoms with Gasteiger partial charge in [0.1, 0.15) is 6.10 Å². The first kappa shape index (κ1) is 21.9. The molecule has 29 heavy (non-hydrogen) atoms. The number of carbonyl (C=O) groups excluding carboxylic acids is 2. The average molecular weight is 423 g/mol. The van der Waals surface area contributed by atoms with E-state index in [2.05, 4.69) is 5.32 Å². The van der Waals surface area contributed by atoms with Gasteiger partial charge in [-0.1, -0.05) is 6.92 Å². The second-order valence-electron chi connectivity index (χ2n) is 8.63. The van der Waals surface area contributed by atoms with Gasteiger partial charge in [-0.3, -0.25) is 9.59 Å². The third kappa shape index (κ3) is 3.40. The van der Waals surface area contributed by atoms with E-state index in [0.29, 0.717) is 23.4 Å². The van der Waals surface area contributed by atoms with Gasteiger partial charge < -0.3 is 30.0 Å². The number of anilines is 2. The Kier molecular flexibility index (Phi) is 5.65. The van der Waals surface area contributed by atoms with Crippen LogP contribution in [0.15, 0.2) is 18.2 Å². The predicted octanol–water partition coefficient (Wildman–Crippen LogP) is 1.16. The van der Waals surface area contributed by atoms with Gasteiger partial charge in [0.05, 0.1) is 11.8 Å². The Bertz CT molecular complexity index is 824. The van der Waals surface area contributed by atoms with Gasteiger partial charge in [0.15, 0.2) is 13.9 Å². The van der Waals surface area contributed by atoms with Crippen LogP contribution in [0.1, 0.15) is 25.8 Å². The van der Waals surface area contributed by atoms with Crippen molar-refractivity contribution in [3.63, 3.8) is 0 Å². The highest BCUT2D eigenvalue weighted by atomic mass is 28.4. The first-order valence-corrected chi connectivity index (χ1v) is 12.9. The lowest BCUT2D eigenvalue weighted by molar-refractivity contribution is -0.146. The number of rotatable bonds is 5. The first-order valence-electron chi connectivity index (χ1n) is 9.87. The van der Waals surface area contributed by atoms with Gasteiger partial charge in [-0.05, 0) is 44.6 Å². The largest absolute Gasteiger partial charge is 0.432 e. The number of amides is 2. The molecule has 0 aromatic heterocycles. The summed E-state index contributed by atoms with van der Waals surface area (Å²) in [6.45, 7) is 6.83. The molecule has 2 aliphatic heterocycles. The topological polar surface area (TPSA) is 119 Å². The molecule has 0 unspecified atom stereocenters. The molecule has 3 rings (SSSR count). The van der Waals surface area contributed by atoms with Crippen molar-refractivity contribution in [1.29, 1.82) is 0 Å². The highest BCUT2D eigenvalue weighted by molar-refractivity contribution is 6.71. The van der Waals surface area contributed by atoms with Crippen molar-refractivity contribution >= 4 is 31.5 Å². The van der Waals surface area contributed by atoms with Gasteiger partial charge in [-0.25, -0.2) is 0 Å². The van der Waals surface area contributed by atoms with Crippen LogP contribution in [-0.4, -0.2) is 61.0 Å². The minimum atomic E-state index is -2.72. The Hall–Kier alpha value is -1.78. The Balaban J connectivity index is 2.11. The zero-order chi connectivity index (χ0) is 21.7. The minimum absolute atomic E-state index is 0.101. The molecule has 0 bridgehead atoms. The minimum Gasteiger partial charge on any atom is -0.432 e. The van der Waals surface area contributed by atoms with Gasteiger partial charge in [0.2, 0.25) is 0 Å². The molecule has 0 saturated carbocycles. The number of nitrogens with one attached hydrogen (secondary N) is 1. The van der Waals surface area contributed by atoms with Crippen molar-refractivity contribution < 1.29 is 29.3 Å². The highest BCUT2D eigenvalue weighted by Gasteiger charge is 2.65. The smallest absolute Gasteiger partial charge is 0.264 e. The molecule has 160 valence electrons. The Morgan fingerprint density at radius 2 is 2.07 bits per heavy atom. The first-order chi connectivity index (χ1) is 13.4. The molecule has 1 saturated heterocycles. The second-order valence-corrected chi connectivity index (χ2v) is 12.6. The number of hydrogen-bond acceptors (Lipinski definition) is 6. The molecule has 2 aliphatic rings. The lowest BCUT2D eigenvalue weighted by Gasteiger charge is -2.32. The van der Waals surface area contributed by atoms with Crippen LogP contribution >= 0.6 is 0 Å². The van der Waals surface area contributed by atoms with Crippen molar-refractivity contribution in [2.75, 3.05) is 23.9 Å². The summed E-state index contributed by atoms with van der Waals surface area (Å²) in [6, 6.07) is 5.12. The van der Waals surface area contributed by atoms with Crippen LogP contribution in [0.4, 0.5) is 11.4 Å². The molecule has 5 atom stereocenters. The number of likely N-dealkylation sites (N-methyl/N-ethyl adjacent to an activating group) is 1. The Morgan fingerprint density at radius 3 is 2.62 bits per heavy atom. The zero-order valence-electron chi connectivity index (χ0n) is 17.5. The number of aliphatic hydroxyl groups excluding tert-OH is 2. The quantitative estimate of drug-likeness (QED) is 0.529. The van der Waals surface area contributed by atoms with E-state index in [1.165, 1.54) is 11.8 Å². The number of aliphatic hydroxyl groups is 2. The average Bonchev–Trinajstić information content (AvgIpc) is 3.03. The molecule has 0 radical (unpaired) electrons. The molecule has 1 spiro atoms. The van der Waals surface area contributed by atoms with Crippen molar-refractivity contribution in [2.24, 2.45) is 5.92 Å². The van der Waals surface area contributed by atoms with Gasteiger partial charge in [-0.15, -0.1) is 0 Å². The van der Waals surface area contributed by atoms with Crippen molar-refractivity contribution in [3.8, 4) is 0 Å². The fraction of sp³-hybridized carbons (Fsp3) is 0.600. The maximum atomic E-state index is 13.4. The maximum absolute atomic E-state index is 13.4. The van der Waals surface area contributed by atoms with Gasteiger partial charge in [0.25, 0.3) is 11.8 Å². The molecule has 1 aromatic carbocycles. The lowest BCUT2D eigenvalue weighted by atomic mass is 9.82.